The van der Waals surface area contributed by atoms with Crippen molar-refractivity contribution in [1.82, 2.24) is 10.2 Å². The molecular weight excluding hydrogens is 663 g/mol. The van der Waals surface area contributed by atoms with Crippen LogP contribution in [0.2, 0.25) is 0 Å². The molecule has 0 saturated carbocycles. The fourth-order valence-corrected chi connectivity index (χ4v) is 5.10. The van der Waals surface area contributed by atoms with Gasteiger partial charge in [-0.25, -0.2) is 4.79 Å². The van der Waals surface area contributed by atoms with Gasteiger partial charge in [-0.15, -0.1) is 0 Å². The number of nitrogens with zero attached hydrogens (tertiary/aromatic N) is 1. The summed E-state index contributed by atoms with van der Waals surface area (Å²) in [5.74, 6) is -2.79. The number of esters is 1. The van der Waals surface area contributed by atoms with Crippen molar-refractivity contribution >= 4 is 33.7 Å². The molecule has 0 heterocycles. The average molecular weight is 697 g/mol. The second-order valence-corrected chi connectivity index (χ2v) is 11.4. The van der Waals surface area contributed by atoms with Crippen molar-refractivity contribution in [2.75, 3.05) is 19.6 Å². The highest BCUT2D eigenvalue weighted by Crippen LogP contribution is 2.24. The molecule has 3 N–H and O–H groups in total. The summed E-state index contributed by atoms with van der Waals surface area (Å²) >= 11 is 3.51. The van der Waals surface area contributed by atoms with Crippen LogP contribution in [0.3, 0.4) is 0 Å². The van der Waals surface area contributed by atoms with Crippen molar-refractivity contribution in [3.05, 3.63) is 124 Å². The summed E-state index contributed by atoms with van der Waals surface area (Å²) in [7, 11) is 0. The topological polar surface area (TPSA) is 102 Å². The summed E-state index contributed by atoms with van der Waals surface area (Å²) in [6.07, 6.45) is -3.83. The Morgan fingerprint density at radius 1 is 0.848 bits per heavy atom. The first-order chi connectivity index (χ1) is 22.0. The molecule has 7 nitrogen and oxygen atoms in total. The van der Waals surface area contributed by atoms with Crippen molar-refractivity contribution in [1.29, 1.82) is 0 Å². The van der Waals surface area contributed by atoms with Gasteiger partial charge in [0, 0.05) is 29.7 Å². The normalized spacial score (nSPS) is 11.2. The van der Waals surface area contributed by atoms with Crippen molar-refractivity contribution in [3.8, 4) is 16.9 Å². The Bertz CT molecular complexity index is 1660. The van der Waals surface area contributed by atoms with E-state index in [0.29, 0.717) is 44.6 Å². The van der Waals surface area contributed by atoms with Gasteiger partial charge < -0.3 is 20.7 Å². The molecule has 0 unspecified atom stereocenters. The minimum atomic E-state index is -5.09. The zero-order valence-electron chi connectivity index (χ0n) is 24.9. The van der Waals surface area contributed by atoms with Crippen LogP contribution in [0, 0.1) is 0 Å². The monoisotopic (exact) mass is 695 g/mol. The van der Waals surface area contributed by atoms with E-state index in [9.17, 15) is 27.6 Å². The van der Waals surface area contributed by atoms with Gasteiger partial charge >= 0.3 is 12.1 Å². The number of halogens is 4. The number of benzene rings is 4. The number of hydrogen-bond donors (Lipinski definition) is 2. The van der Waals surface area contributed by atoms with E-state index >= 15 is 0 Å². The number of amides is 2. The van der Waals surface area contributed by atoms with E-state index in [1.54, 1.807) is 23.1 Å². The molecule has 2 amide bonds. The molecule has 0 spiro atoms. The highest BCUT2D eigenvalue weighted by atomic mass is 79.9. The maximum atomic E-state index is 13.6. The van der Waals surface area contributed by atoms with Gasteiger partial charge in [-0.05, 0) is 83.6 Å². The fraction of sp³-hybridized carbons (Fsp3) is 0.229. The van der Waals surface area contributed by atoms with Gasteiger partial charge in [0.1, 0.15) is 5.75 Å². The molecule has 4 aromatic rings. The second kappa shape index (κ2) is 16.2. The third-order valence-corrected chi connectivity index (χ3v) is 7.89. The number of carbonyl (C=O) groups excluding carboxylic acids is 3. The van der Waals surface area contributed by atoms with Crippen LogP contribution in [0.15, 0.2) is 102 Å². The van der Waals surface area contributed by atoms with Gasteiger partial charge in [-0.2, -0.15) is 13.2 Å². The third-order valence-electron chi connectivity index (χ3n) is 7.11. The molecule has 0 radical (unpaired) electrons. The number of nitrogens with two attached hydrogens (primary N) is 1. The second-order valence-electron chi connectivity index (χ2n) is 10.5. The molecule has 0 saturated heterocycles. The van der Waals surface area contributed by atoms with Crippen molar-refractivity contribution in [2.45, 2.75) is 32.0 Å². The highest BCUT2D eigenvalue weighted by molar-refractivity contribution is 9.10. The van der Waals surface area contributed by atoms with Crippen LogP contribution in [0.4, 0.5) is 13.2 Å². The predicted octanol–water partition coefficient (Wildman–Crippen LogP) is 6.48. The standard InChI is InChI=1S/C35H33BrF3N3O4/c36-31-11-2-1-7-28(31)22-32(43)42(19-16-24-12-14-30(15-13-24)46-34(45)35(37,38)39)23-25-6-3-8-26(20-25)27-9-4-10-29(21-27)33(44)41-18-5-17-40/h1-4,6-15,20-21H,5,16-19,22-23,40H2,(H,41,44). The van der Waals surface area contributed by atoms with Crippen LogP contribution in [0.5, 0.6) is 5.75 Å². The van der Waals surface area contributed by atoms with Crippen LogP contribution in [0.1, 0.15) is 33.5 Å². The van der Waals surface area contributed by atoms with Gasteiger partial charge in [-0.3, -0.25) is 9.59 Å². The fourth-order valence-electron chi connectivity index (χ4n) is 4.68. The van der Waals surface area contributed by atoms with Gasteiger partial charge in [0.25, 0.3) is 5.91 Å². The summed E-state index contributed by atoms with van der Waals surface area (Å²) < 4.78 is 42.8. The molecular formula is C35H33BrF3N3O4. The Morgan fingerprint density at radius 3 is 2.24 bits per heavy atom. The maximum Gasteiger partial charge on any atom is 0.491 e. The third kappa shape index (κ3) is 10.0. The molecule has 0 aromatic heterocycles. The van der Waals surface area contributed by atoms with Crippen molar-refractivity contribution in [3.63, 3.8) is 0 Å². The Hall–Kier alpha value is -4.48. The molecule has 0 aliphatic carbocycles. The molecule has 0 aliphatic heterocycles. The van der Waals surface area contributed by atoms with E-state index in [1.165, 1.54) is 12.1 Å². The zero-order valence-corrected chi connectivity index (χ0v) is 26.4. The van der Waals surface area contributed by atoms with Crippen molar-refractivity contribution < 1.29 is 32.3 Å². The Labute approximate surface area is 273 Å². The smallest absolute Gasteiger partial charge is 0.420 e. The summed E-state index contributed by atoms with van der Waals surface area (Å²) in [6.45, 7) is 1.61. The number of nitrogens with one attached hydrogen (secondary N) is 1. The molecule has 0 atom stereocenters. The molecule has 4 rings (SSSR count). The van der Waals surface area contributed by atoms with Crippen LogP contribution in [0.25, 0.3) is 11.1 Å². The first-order valence-electron chi connectivity index (χ1n) is 14.6. The number of rotatable bonds is 13. The summed E-state index contributed by atoms with van der Waals surface area (Å²) in [6, 6.07) is 28.3. The van der Waals surface area contributed by atoms with E-state index in [0.717, 1.165) is 32.3 Å². The zero-order chi connectivity index (χ0) is 33.1. The van der Waals surface area contributed by atoms with E-state index in [-0.39, 0.29) is 24.0 Å². The molecule has 0 fully saturated rings. The minimum Gasteiger partial charge on any atom is -0.420 e. The van der Waals surface area contributed by atoms with E-state index in [4.69, 9.17) is 5.73 Å². The number of alkyl halides is 3. The van der Waals surface area contributed by atoms with E-state index in [1.807, 2.05) is 66.7 Å². The predicted molar refractivity (Wildman–Crippen MR) is 173 cm³/mol. The Morgan fingerprint density at radius 2 is 1.54 bits per heavy atom. The van der Waals surface area contributed by atoms with Gasteiger partial charge in [0.2, 0.25) is 5.91 Å². The molecule has 240 valence electrons. The van der Waals surface area contributed by atoms with Crippen LogP contribution >= 0.6 is 15.9 Å². The van der Waals surface area contributed by atoms with E-state index in [2.05, 4.69) is 26.0 Å². The Kier molecular flexibility index (Phi) is 12.1. The summed E-state index contributed by atoms with van der Waals surface area (Å²) in [5.41, 5.74) is 10.3. The van der Waals surface area contributed by atoms with Crippen LogP contribution in [-0.4, -0.2) is 48.5 Å². The van der Waals surface area contributed by atoms with Gasteiger partial charge in [0.15, 0.2) is 0 Å². The van der Waals surface area contributed by atoms with Crippen molar-refractivity contribution in [2.24, 2.45) is 5.73 Å². The minimum absolute atomic E-state index is 0.107. The van der Waals surface area contributed by atoms with E-state index < -0.39 is 12.1 Å². The summed E-state index contributed by atoms with van der Waals surface area (Å²) in [5, 5.41) is 2.86. The highest BCUT2D eigenvalue weighted by Gasteiger charge is 2.41. The van der Waals surface area contributed by atoms with Crippen LogP contribution < -0.4 is 15.8 Å². The number of hydrogen-bond acceptors (Lipinski definition) is 5. The molecule has 0 aliphatic rings. The lowest BCUT2D eigenvalue weighted by Crippen LogP contribution is -2.33. The number of ether oxygens (including phenoxy) is 1. The average Bonchev–Trinajstić information content (AvgIpc) is 3.04. The van der Waals surface area contributed by atoms with Gasteiger partial charge in [-0.1, -0.05) is 76.6 Å². The maximum absolute atomic E-state index is 13.6. The van der Waals surface area contributed by atoms with Gasteiger partial charge in [0.05, 0.1) is 6.42 Å². The molecule has 4 aromatic carbocycles. The SMILES string of the molecule is NCCCNC(=O)c1cccc(-c2cccc(CN(CCc3ccc(OC(=O)C(F)(F)F)cc3)C(=O)Cc3ccccc3Br)c2)c1. The lowest BCUT2D eigenvalue weighted by atomic mass is 10.0. The Balaban J connectivity index is 1.51. The quantitative estimate of drug-likeness (QED) is 0.0948. The lowest BCUT2D eigenvalue weighted by molar-refractivity contribution is -0.189. The van der Waals surface area contributed by atoms with Crippen LogP contribution in [-0.2, 0) is 29.0 Å². The molecule has 46 heavy (non-hydrogen) atoms. The summed E-state index contributed by atoms with van der Waals surface area (Å²) in [4.78, 5) is 39.1. The largest absolute Gasteiger partial charge is 0.491 e. The first-order valence-corrected chi connectivity index (χ1v) is 15.4. The lowest BCUT2D eigenvalue weighted by Gasteiger charge is -2.24. The molecule has 0 bridgehead atoms. The molecule has 11 heteroatoms. The number of carbonyl (C=O) groups is 3. The first kappa shape index (κ1) is 34.4.